The standard InChI is InChI=1S/C55H101N4O11PS/c1-3-5-7-9-11-13-15-17-18-20-22-24-26-28-30-38-53(63)70-48(45-67-52(62)37-29-27-25-23-21-19-16-14-12-10-8-6-4-2)46-69-71(65,66)68-44-40-56-39-33-41-59(42-34-43-60)51(61)36-32-31-35-50-54-49(47-72-50)57-55(64)58-54/h17-18,43,48-50,54,56H,3-16,19-42,44-47H2,1-2H3,(H,65,66)(H2,57,58,64)/p-1/b18-17-/t48-,49?,50?,54?/m1/s1. The number of nitrogens with zero attached hydrogens (tertiary/aromatic N) is 1. The number of allylic oxidation sites excluding steroid dienone is 2. The zero-order valence-electron chi connectivity index (χ0n) is 45.0. The number of carbonyl (C=O) groups is 5. The molecule has 2 saturated heterocycles. The summed E-state index contributed by atoms with van der Waals surface area (Å²) >= 11 is 1.85. The lowest BCUT2D eigenvalue weighted by Crippen LogP contribution is -2.37. The first-order chi connectivity index (χ1) is 35.1. The van der Waals surface area contributed by atoms with Crippen LogP contribution in [0.5, 0.6) is 0 Å². The van der Waals surface area contributed by atoms with Crippen LogP contribution in [-0.2, 0) is 42.3 Å². The molecule has 2 rings (SSSR count). The number of phosphoric ester groups is 1. The molecule has 2 aliphatic rings. The second kappa shape index (κ2) is 44.8. The third-order valence-electron chi connectivity index (χ3n) is 13.5. The molecule has 0 aromatic carbocycles. The molecule has 0 saturated carbocycles. The van der Waals surface area contributed by atoms with Gasteiger partial charge in [-0.2, -0.15) is 11.8 Å². The van der Waals surface area contributed by atoms with Crippen LogP contribution in [-0.4, -0.2) is 110 Å². The van der Waals surface area contributed by atoms with E-state index in [0.29, 0.717) is 50.6 Å². The zero-order chi connectivity index (χ0) is 52.2. The number of amides is 3. The van der Waals surface area contributed by atoms with Crippen molar-refractivity contribution in [2.75, 3.05) is 51.8 Å². The molecular weight excluding hydrogens is 956 g/mol. The van der Waals surface area contributed by atoms with Crippen LogP contribution >= 0.6 is 19.6 Å². The van der Waals surface area contributed by atoms with Crippen LogP contribution < -0.4 is 20.8 Å². The van der Waals surface area contributed by atoms with Crippen molar-refractivity contribution in [1.29, 1.82) is 0 Å². The molecule has 3 amide bonds. The van der Waals surface area contributed by atoms with Gasteiger partial charge in [-0.25, -0.2) is 4.79 Å². The van der Waals surface area contributed by atoms with Crippen LogP contribution in [0.15, 0.2) is 12.2 Å². The molecule has 72 heavy (non-hydrogen) atoms. The van der Waals surface area contributed by atoms with Crippen molar-refractivity contribution in [3.05, 3.63) is 12.2 Å². The van der Waals surface area contributed by atoms with Crippen LogP contribution in [0.1, 0.15) is 232 Å². The number of rotatable bonds is 51. The van der Waals surface area contributed by atoms with Crippen LogP contribution in [0.3, 0.4) is 0 Å². The number of unbranched alkanes of at least 4 members (excludes halogenated alkanes) is 24. The molecule has 0 radical (unpaired) electrons. The van der Waals surface area contributed by atoms with Crippen molar-refractivity contribution >= 4 is 49.7 Å². The van der Waals surface area contributed by atoms with E-state index in [2.05, 4.69) is 41.9 Å². The van der Waals surface area contributed by atoms with Crippen LogP contribution in [0.2, 0.25) is 0 Å². The summed E-state index contributed by atoms with van der Waals surface area (Å²) in [5, 5.41) is 9.41. The van der Waals surface area contributed by atoms with Gasteiger partial charge in [0.05, 0.1) is 25.3 Å². The number of esters is 2. The first-order valence-corrected chi connectivity index (χ1v) is 31.3. The minimum Gasteiger partial charge on any atom is -0.756 e. The fraction of sp³-hybridized carbons (Fsp3) is 0.873. The Labute approximate surface area is 440 Å². The van der Waals surface area contributed by atoms with Crippen molar-refractivity contribution in [2.45, 2.75) is 256 Å². The monoisotopic (exact) mass is 1060 g/mol. The van der Waals surface area contributed by atoms with E-state index in [1.165, 1.54) is 96.3 Å². The quantitative estimate of drug-likeness (QED) is 0.0130. The Hall–Kier alpha value is -2.49. The summed E-state index contributed by atoms with van der Waals surface area (Å²) in [5.41, 5.74) is 0. The molecule has 2 heterocycles. The summed E-state index contributed by atoms with van der Waals surface area (Å²) in [6.45, 7) is 4.89. The molecule has 0 aliphatic carbocycles. The van der Waals surface area contributed by atoms with E-state index in [9.17, 15) is 33.4 Å². The Morgan fingerprint density at radius 1 is 0.681 bits per heavy atom. The number of hydrogen-bond donors (Lipinski definition) is 3. The summed E-state index contributed by atoms with van der Waals surface area (Å²) in [6, 6.07) is 0.205. The predicted molar refractivity (Wildman–Crippen MR) is 289 cm³/mol. The Balaban J connectivity index is 1.68. The van der Waals surface area contributed by atoms with Crippen molar-refractivity contribution < 1.29 is 52.0 Å². The highest BCUT2D eigenvalue weighted by Crippen LogP contribution is 2.38. The zero-order valence-corrected chi connectivity index (χ0v) is 46.7. The molecule has 0 bridgehead atoms. The van der Waals surface area contributed by atoms with E-state index in [1.807, 2.05) is 11.8 Å². The summed E-state index contributed by atoms with van der Waals surface area (Å²) in [5.74, 6) is -0.0311. The summed E-state index contributed by atoms with van der Waals surface area (Å²) in [7, 11) is -4.80. The van der Waals surface area contributed by atoms with Gasteiger partial charge in [0.15, 0.2) is 6.10 Å². The van der Waals surface area contributed by atoms with Gasteiger partial charge in [0, 0.05) is 56.3 Å². The molecule has 2 fully saturated rings. The van der Waals surface area contributed by atoms with Gasteiger partial charge in [0.2, 0.25) is 5.91 Å². The third kappa shape index (κ3) is 35.7. The molecule has 2 aliphatic heterocycles. The summed E-state index contributed by atoms with van der Waals surface area (Å²) in [4.78, 5) is 75.8. The number of phosphoric acid groups is 1. The minimum atomic E-state index is -4.80. The smallest absolute Gasteiger partial charge is 0.315 e. The highest BCUT2D eigenvalue weighted by Gasteiger charge is 2.42. The predicted octanol–water partition coefficient (Wildman–Crippen LogP) is 11.6. The lowest BCUT2D eigenvalue weighted by molar-refractivity contribution is -0.228. The molecule has 3 N–H and O–H groups in total. The van der Waals surface area contributed by atoms with Crippen molar-refractivity contribution in [1.82, 2.24) is 20.9 Å². The average molecular weight is 1060 g/mol. The molecule has 5 atom stereocenters. The molecule has 0 aromatic rings. The van der Waals surface area contributed by atoms with Gasteiger partial charge in [0.25, 0.3) is 7.82 Å². The fourth-order valence-electron chi connectivity index (χ4n) is 9.20. The number of urea groups is 1. The maximum absolute atomic E-state index is 13.0. The molecule has 0 aromatic heterocycles. The van der Waals surface area contributed by atoms with E-state index in [-0.39, 0.29) is 63.0 Å². The van der Waals surface area contributed by atoms with Gasteiger partial charge < -0.3 is 49.1 Å². The average Bonchev–Trinajstić information content (AvgIpc) is 3.93. The molecular formula is C55H100N4O11PS-. The van der Waals surface area contributed by atoms with Crippen molar-refractivity contribution in [2.24, 2.45) is 0 Å². The summed E-state index contributed by atoms with van der Waals surface area (Å²) in [6.07, 6.45) is 38.8. The lowest BCUT2D eigenvalue weighted by atomic mass is 10.0. The SMILES string of the molecule is CCCCCCCC/C=C\CCCCCCCC(=O)O[C@H](COC(=O)CCCCCCCCCCCCCCC)COP(=O)([O-])OCCNCCCN(CCC=O)C(=O)CCCCC1SCC2NC(=O)NC21. The maximum atomic E-state index is 13.0. The topological polar surface area (TPSA) is 202 Å². The summed E-state index contributed by atoms with van der Waals surface area (Å²) < 4.78 is 34.0. The van der Waals surface area contributed by atoms with E-state index < -0.39 is 32.5 Å². The molecule has 4 unspecified atom stereocenters. The number of nitrogens with one attached hydrogen (secondary N) is 3. The largest absolute Gasteiger partial charge is 0.756 e. The Morgan fingerprint density at radius 3 is 1.83 bits per heavy atom. The van der Waals surface area contributed by atoms with Crippen molar-refractivity contribution in [3.63, 3.8) is 0 Å². The van der Waals surface area contributed by atoms with Crippen LogP contribution in [0.25, 0.3) is 0 Å². The van der Waals surface area contributed by atoms with E-state index in [1.54, 1.807) is 4.90 Å². The minimum absolute atomic E-state index is 0.00552. The Kier molecular flexibility index (Phi) is 40.8. The number of fused-ring (bicyclic) bond motifs is 1. The van der Waals surface area contributed by atoms with Crippen LogP contribution in [0, 0.1) is 0 Å². The van der Waals surface area contributed by atoms with E-state index in [4.69, 9.17) is 18.5 Å². The number of ether oxygens (including phenoxy) is 2. The second-order valence-corrected chi connectivity index (χ2v) is 22.7. The third-order valence-corrected chi connectivity index (χ3v) is 16.0. The normalized spacial score (nSPS) is 17.6. The van der Waals surface area contributed by atoms with Gasteiger partial charge in [-0.15, -0.1) is 0 Å². The number of hydrogen-bond acceptors (Lipinski definition) is 13. The molecule has 17 heteroatoms. The Morgan fingerprint density at radius 2 is 1.24 bits per heavy atom. The number of carbonyl (C=O) groups excluding carboxylic acids is 5. The molecule has 0 spiro atoms. The highest BCUT2D eigenvalue weighted by molar-refractivity contribution is 8.00. The highest BCUT2D eigenvalue weighted by atomic mass is 32.2. The van der Waals surface area contributed by atoms with E-state index in [0.717, 1.165) is 89.1 Å². The van der Waals surface area contributed by atoms with Gasteiger partial charge in [-0.1, -0.05) is 161 Å². The Bertz CT molecular complexity index is 1490. The second-order valence-electron chi connectivity index (χ2n) is 20.0. The van der Waals surface area contributed by atoms with E-state index >= 15 is 0 Å². The lowest BCUT2D eigenvalue weighted by Gasteiger charge is -2.26. The maximum Gasteiger partial charge on any atom is 0.315 e. The van der Waals surface area contributed by atoms with Gasteiger partial charge in [-0.3, -0.25) is 18.9 Å². The number of aldehydes is 1. The van der Waals surface area contributed by atoms with Gasteiger partial charge in [-0.05, 0) is 64.3 Å². The molecule has 15 nitrogen and oxygen atoms in total. The van der Waals surface area contributed by atoms with Crippen LogP contribution in [0.4, 0.5) is 4.79 Å². The first-order valence-electron chi connectivity index (χ1n) is 28.8. The number of thioether (sulfide) groups is 1. The van der Waals surface area contributed by atoms with Gasteiger partial charge >= 0.3 is 18.0 Å². The first kappa shape index (κ1) is 65.6. The van der Waals surface area contributed by atoms with Crippen molar-refractivity contribution in [3.8, 4) is 0 Å². The molecule has 418 valence electrons. The van der Waals surface area contributed by atoms with Gasteiger partial charge in [0.1, 0.15) is 12.9 Å². The fourth-order valence-corrected chi connectivity index (χ4v) is 11.5.